The Morgan fingerprint density at radius 1 is 0.973 bits per heavy atom. The highest BCUT2D eigenvalue weighted by atomic mass is 35.5. The summed E-state index contributed by atoms with van der Waals surface area (Å²) in [6.07, 6.45) is 10.6. The van der Waals surface area contributed by atoms with Crippen LogP contribution in [0.3, 0.4) is 0 Å². The van der Waals surface area contributed by atoms with Gasteiger partial charge in [-0.3, -0.25) is 9.59 Å². The second-order valence-electron chi connectivity index (χ2n) is 12.3. The van der Waals surface area contributed by atoms with Gasteiger partial charge >= 0.3 is 5.97 Å². The smallest absolute Gasteiger partial charge is 0.310 e. The van der Waals surface area contributed by atoms with Crippen molar-refractivity contribution in [3.05, 3.63) is 41.5 Å². The molecule has 0 saturated heterocycles. The first kappa shape index (κ1) is 27.1. The normalized spacial score (nSPS) is 34.7. The lowest BCUT2D eigenvalue weighted by Gasteiger charge is -2.57. The summed E-state index contributed by atoms with van der Waals surface area (Å²) < 4.78 is 6.23. The van der Waals surface area contributed by atoms with Crippen LogP contribution in [-0.2, 0) is 20.7 Å². The van der Waals surface area contributed by atoms with E-state index in [2.05, 4.69) is 18.7 Å². The van der Waals surface area contributed by atoms with E-state index in [1.807, 2.05) is 30.3 Å². The highest BCUT2D eigenvalue weighted by Gasteiger charge is 2.59. The van der Waals surface area contributed by atoms with Crippen LogP contribution in [-0.4, -0.2) is 42.7 Å². The van der Waals surface area contributed by atoms with Crippen molar-refractivity contribution in [1.82, 2.24) is 0 Å². The zero-order chi connectivity index (χ0) is 26.2. The van der Waals surface area contributed by atoms with Gasteiger partial charge in [-0.15, -0.1) is 23.2 Å². The molecule has 202 valence electrons. The molecule has 0 aliphatic heterocycles. The van der Waals surface area contributed by atoms with Gasteiger partial charge in [0.25, 0.3) is 0 Å². The fourth-order valence-electron chi connectivity index (χ4n) is 8.47. The molecular weight excluding hydrogens is 505 g/mol. The molecule has 0 heterocycles. The topological polar surface area (TPSA) is 46.6 Å². The molecule has 5 rings (SSSR count). The summed E-state index contributed by atoms with van der Waals surface area (Å²) in [5.41, 5.74) is 3.70. The summed E-state index contributed by atoms with van der Waals surface area (Å²) in [6.45, 7) is 6.29. The first-order valence-electron chi connectivity index (χ1n) is 14.2. The van der Waals surface area contributed by atoms with Gasteiger partial charge in [-0.2, -0.15) is 0 Å². The van der Waals surface area contributed by atoms with Crippen molar-refractivity contribution >= 4 is 40.6 Å². The van der Waals surface area contributed by atoms with Gasteiger partial charge in [0.15, 0.2) is 5.78 Å². The number of benzene rings is 1. The van der Waals surface area contributed by atoms with Crippen LogP contribution < -0.4 is 4.90 Å². The summed E-state index contributed by atoms with van der Waals surface area (Å²) in [7, 11) is 0. The molecule has 6 heteroatoms. The van der Waals surface area contributed by atoms with Gasteiger partial charge in [-0.1, -0.05) is 31.6 Å². The van der Waals surface area contributed by atoms with E-state index in [1.165, 1.54) is 18.4 Å². The maximum atomic E-state index is 13.1. The number of hydrogen-bond donors (Lipinski definition) is 0. The maximum Gasteiger partial charge on any atom is 0.310 e. The number of rotatable bonds is 8. The number of allylic oxidation sites excluding steroid dienone is 1. The Labute approximate surface area is 232 Å². The number of esters is 1. The SMILES string of the molecule is C[C@]12CC[C@H]3[C@@H](CCC4=CC(=O)CC[C@@]43C)[C@@H]1CC[C@@H]2OC(=O)Cc1ccc(N(CCCl)CCCl)cc1. The molecule has 0 N–H and O–H groups in total. The van der Waals surface area contributed by atoms with Crippen LogP contribution >= 0.6 is 23.2 Å². The van der Waals surface area contributed by atoms with Crippen molar-refractivity contribution in [2.24, 2.45) is 28.6 Å². The lowest BCUT2D eigenvalue weighted by Crippen LogP contribution is -2.51. The van der Waals surface area contributed by atoms with Gasteiger partial charge in [-0.05, 0) is 91.9 Å². The molecular formula is C31H41Cl2NO3. The molecule has 0 aromatic heterocycles. The van der Waals surface area contributed by atoms with Crippen LogP contribution in [0, 0.1) is 28.6 Å². The van der Waals surface area contributed by atoms with Crippen LogP contribution in [0.5, 0.6) is 0 Å². The fraction of sp³-hybridized carbons (Fsp3) is 0.677. The summed E-state index contributed by atoms with van der Waals surface area (Å²) in [6, 6.07) is 8.11. The molecule has 0 amide bonds. The lowest BCUT2D eigenvalue weighted by atomic mass is 9.47. The molecule has 4 nitrogen and oxygen atoms in total. The zero-order valence-electron chi connectivity index (χ0n) is 22.3. The highest BCUT2D eigenvalue weighted by molar-refractivity contribution is 6.18. The van der Waals surface area contributed by atoms with E-state index in [9.17, 15) is 9.59 Å². The largest absolute Gasteiger partial charge is 0.462 e. The van der Waals surface area contributed by atoms with Crippen LogP contribution in [0.4, 0.5) is 5.69 Å². The maximum absolute atomic E-state index is 13.1. The van der Waals surface area contributed by atoms with Gasteiger partial charge in [-0.25, -0.2) is 0 Å². The number of fused-ring (bicyclic) bond motifs is 5. The van der Waals surface area contributed by atoms with E-state index >= 15 is 0 Å². The van der Waals surface area contributed by atoms with E-state index in [0.717, 1.165) is 56.4 Å². The molecule has 1 aromatic rings. The number of hydrogen-bond acceptors (Lipinski definition) is 4. The third kappa shape index (κ3) is 5.10. The molecule has 0 unspecified atom stereocenters. The fourth-order valence-corrected chi connectivity index (χ4v) is 8.88. The first-order chi connectivity index (χ1) is 17.8. The monoisotopic (exact) mass is 545 g/mol. The third-order valence-corrected chi connectivity index (χ3v) is 10.8. The predicted molar refractivity (Wildman–Crippen MR) is 150 cm³/mol. The first-order valence-corrected chi connectivity index (χ1v) is 15.2. The molecule has 4 aliphatic rings. The van der Waals surface area contributed by atoms with Gasteiger partial charge < -0.3 is 9.64 Å². The Kier molecular flexibility index (Phi) is 7.99. The molecule has 3 fully saturated rings. The second-order valence-corrected chi connectivity index (χ2v) is 13.0. The Morgan fingerprint density at radius 3 is 2.41 bits per heavy atom. The number of anilines is 1. The second kappa shape index (κ2) is 10.9. The van der Waals surface area contributed by atoms with Gasteiger partial charge in [0.05, 0.1) is 6.42 Å². The number of carbonyl (C=O) groups is 2. The van der Waals surface area contributed by atoms with Crippen LogP contribution in [0.1, 0.15) is 70.8 Å². The molecule has 6 atom stereocenters. The van der Waals surface area contributed by atoms with E-state index in [-0.39, 0.29) is 22.9 Å². The number of halogens is 2. The van der Waals surface area contributed by atoms with Crippen molar-refractivity contribution in [3.63, 3.8) is 0 Å². The van der Waals surface area contributed by atoms with Crippen LogP contribution in [0.2, 0.25) is 0 Å². The number of carbonyl (C=O) groups excluding carboxylic acids is 2. The average Bonchev–Trinajstić information content (AvgIpc) is 3.20. The molecule has 1 aromatic carbocycles. The number of ketones is 1. The van der Waals surface area contributed by atoms with Crippen molar-refractivity contribution in [2.45, 2.75) is 77.7 Å². The minimum absolute atomic E-state index is 0.00540. The average molecular weight is 547 g/mol. The molecule has 3 saturated carbocycles. The number of ether oxygens (including phenoxy) is 1. The summed E-state index contributed by atoms with van der Waals surface area (Å²) in [5, 5.41) is 0. The van der Waals surface area contributed by atoms with Crippen molar-refractivity contribution in [2.75, 3.05) is 29.7 Å². The summed E-state index contributed by atoms with van der Waals surface area (Å²) in [4.78, 5) is 27.3. The summed E-state index contributed by atoms with van der Waals surface area (Å²) in [5.74, 6) is 3.23. The molecule has 4 aliphatic carbocycles. The Morgan fingerprint density at radius 2 is 1.70 bits per heavy atom. The lowest BCUT2D eigenvalue weighted by molar-refractivity contribution is -0.159. The van der Waals surface area contributed by atoms with E-state index in [1.54, 1.807) is 0 Å². The Balaban J connectivity index is 1.22. The van der Waals surface area contributed by atoms with Gasteiger partial charge in [0.1, 0.15) is 6.10 Å². The number of nitrogens with zero attached hydrogens (tertiary/aromatic N) is 1. The van der Waals surface area contributed by atoms with E-state index in [4.69, 9.17) is 27.9 Å². The standard InChI is InChI=1S/C31H41Cl2NO3/c1-30-13-11-24(35)20-22(30)5-8-25-26-9-10-28(31(26,2)14-12-27(25)30)37-29(36)19-21-3-6-23(7-4-21)34(17-15-32)18-16-33/h3-4,6-7,20,25-28H,5,8-19H2,1-2H3/t25-,26-,27-,28-,30-,31-/m0/s1. The minimum atomic E-state index is -0.119. The van der Waals surface area contributed by atoms with E-state index in [0.29, 0.717) is 48.1 Å². The van der Waals surface area contributed by atoms with Crippen molar-refractivity contribution < 1.29 is 14.3 Å². The quantitative estimate of drug-likeness (QED) is 0.261. The van der Waals surface area contributed by atoms with Gasteiger partial charge in [0.2, 0.25) is 0 Å². The number of alkyl halides is 2. The minimum Gasteiger partial charge on any atom is -0.462 e. The van der Waals surface area contributed by atoms with Crippen LogP contribution in [0.25, 0.3) is 0 Å². The molecule has 37 heavy (non-hydrogen) atoms. The Hall–Kier alpha value is -1.52. The molecule has 0 bridgehead atoms. The molecule has 0 radical (unpaired) electrons. The van der Waals surface area contributed by atoms with Crippen molar-refractivity contribution in [3.8, 4) is 0 Å². The van der Waals surface area contributed by atoms with Gasteiger partial charge in [0, 0.05) is 42.4 Å². The zero-order valence-corrected chi connectivity index (χ0v) is 23.8. The predicted octanol–water partition coefficient (Wildman–Crippen LogP) is 6.96. The van der Waals surface area contributed by atoms with E-state index < -0.39 is 0 Å². The van der Waals surface area contributed by atoms with Crippen molar-refractivity contribution in [1.29, 1.82) is 0 Å². The molecule has 0 spiro atoms. The highest BCUT2D eigenvalue weighted by Crippen LogP contribution is 2.65. The Bertz CT molecular complexity index is 1030. The van der Waals surface area contributed by atoms with Crippen LogP contribution in [0.15, 0.2) is 35.9 Å². The summed E-state index contributed by atoms with van der Waals surface area (Å²) >= 11 is 11.9. The third-order valence-electron chi connectivity index (χ3n) is 10.5.